The molecule has 1 aromatic carbocycles. The van der Waals surface area contributed by atoms with Crippen LogP contribution in [-0.4, -0.2) is 33.0 Å². The van der Waals surface area contributed by atoms with Gasteiger partial charge in [-0.2, -0.15) is 5.01 Å². The van der Waals surface area contributed by atoms with Gasteiger partial charge in [-0.1, -0.05) is 18.2 Å². The fourth-order valence-corrected chi connectivity index (χ4v) is 2.12. The van der Waals surface area contributed by atoms with Gasteiger partial charge in [0, 0.05) is 30.4 Å². The molecular weight excluding hydrogens is 262 g/mol. The number of carbonyl (C=O) groups is 2. The molecule has 1 amide bonds. The number of benzene rings is 1. The number of aromatic nitrogens is 1. The first-order chi connectivity index (χ1) is 9.54. The molecule has 0 saturated heterocycles. The number of hydrogen-bond acceptors (Lipinski definition) is 4. The number of nitroso groups, excluding NO2 is 1. The zero-order valence-electron chi connectivity index (χ0n) is 10.7. The number of nitrogens with one attached hydrogen (secondary N) is 1. The van der Waals surface area contributed by atoms with Crippen LogP contribution < -0.4 is 0 Å². The van der Waals surface area contributed by atoms with E-state index in [0.717, 1.165) is 17.8 Å². The Bertz CT molecular complexity index is 664. The van der Waals surface area contributed by atoms with E-state index in [1.165, 1.54) is 0 Å². The summed E-state index contributed by atoms with van der Waals surface area (Å²) in [7, 11) is 0. The summed E-state index contributed by atoms with van der Waals surface area (Å²) in [5.41, 5.74) is 1.57. The summed E-state index contributed by atoms with van der Waals surface area (Å²) in [6.07, 6.45) is 1.67. The highest BCUT2D eigenvalue weighted by molar-refractivity contribution is 5.86. The normalized spacial score (nSPS) is 12.1. The summed E-state index contributed by atoms with van der Waals surface area (Å²) >= 11 is 0. The standard InChI is InChI=1S/C13H13N3O4/c1-8(17)16(15-20)12(13(18)19)6-9-7-14-11-5-3-2-4-10(9)11/h2-5,7,12,14H,6H2,1H3,(H,18,19)/t12-/m0/s1. The maximum absolute atomic E-state index is 11.3. The van der Waals surface area contributed by atoms with Crippen LogP contribution in [0.5, 0.6) is 0 Å². The number of fused-ring (bicyclic) bond motifs is 1. The summed E-state index contributed by atoms with van der Waals surface area (Å²) in [4.78, 5) is 36.2. The number of nitrogens with zero attached hydrogens (tertiary/aromatic N) is 2. The highest BCUT2D eigenvalue weighted by Gasteiger charge is 2.30. The molecule has 0 bridgehead atoms. The van der Waals surface area contributed by atoms with E-state index in [9.17, 15) is 19.6 Å². The molecule has 1 heterocycles. The molecular formula is C13H13N3O4. The molecule has 2 rings (SSSR count). The fourth-order valence-electron chi connectivity index (χ4n) is 2.12. The van der Waals surface area contributed by atoms with Crippen LogP contribution in [0.3, 0.4) is 0 Å². The summed E-state index contributed by atoms with van der Waals surface area (Å²) in [6.45, 7) is 1.10. The maximum Gasteiger partial charge on any atom is 0.329 e. The van der Waals surface area contributed by atoms with Crippen LogP contribution in [0.4, 0.5) is 0 Å². The molecule has 1 atom stereocenters. The highest BCUT2D eigenvalue weighted by Crippen LogP contribution is 2.20. The van der Waals surface area contributed by atoms with Crippen LogP contribution in [-0.2, 0) is 16.0 Å². The van der Waals surface area contributed by atoms with Crippen molar-refractivity contribution in [3.63, 3.8) is 0 Å². The third-order valence-electron chi connectivity index (χ3n) is 3.08. The van der Waals surface area contributed by atoms with Gasteiger partial charge < -0.3 is 10.1 Å². The van der Waals surface area contributed by atoms with E-state index in [4.69, 9.17) is 0 Å². The lowest BCUT2D eigenvalue weighted by Crippen LogP contribution is -2.41. The number of aromatic amines is 1. The Morgan fingerprint density at radius 1 is 1.40 bits per heavy atom. The first-order valence-electron chi connectivity index (χ1n) is 5.95. The SMILES string of the molecule is CC(=O)N(N=O)[C@@H](Cc1c[nH]c2ccccc12)C(=O)O. The molecule has 0 aliphatic carbocycles. The van der Waals surface area contributed by atoms with E-state index >= 15 is 0 Å². The minimum atomic E-state index is -1.32. The Morgan fingerprint density at radius 3 is 2.70 bits per heavy atom. The number of amides is 1. The van der Waals surface area contributed by atoms with Gasteiger partial charge in [-0.15, -0.1) is 4.91 Å². The van der Waals surface area contributed by atoms with Crippen molar-refractivity contribution in [3.8, 4) is 0 Å². The minimum Gasteiger partial charge on any atom is -0.480 e. The predicted octanol–water partition coefficient (Wildman–Crippen LogP) is 1.69. The molecule has 7 heteroatoms. The molecule has 7 nitrogen and oxygen atoms in total. The van der Waals surface area contributed by atoms with Crippen LogP contribution in [0.25, 0.3) is 10.9 Å². The third kappa shape index (κ3) is 2.51. The van der Waals surface area contributed by atoms with E-state index in [1.807, 2.05) is 24.3 Å². The molecule has 0 radical (unpaired) electrons. The van der Waals surface area contributed by atoms with Crippen LogP contribution in [0.2, 0.25) is 0 Å². The highest BCUT2D eigenvalue weighted by atomic mass is 16.4. The molecule has 2 aromatic rings. The molecule has 0 saturated carbocycles. The molecule has 104 valence electrons. The smallest absolute Gasteiger partial charge is 0.329 e. The lowest BCUT2D eigenvalue weighted by atomic mass is 10.0. The summed E-state index contributed by atoms with van der Waals surface area (Å²) in [6, 6.07) is 6.06. The molecule has 0 unspecified atom stereocenters. The van der Waals surface area contributed by atoms with Crippen molar-refractivity contribution in [2.24, 2.45) is 5.29 Å². The van der Waals surface area contributed by atoms with E-state index in [-0.39, 0.29) is 6.42 Å². The lowest BCUT2D eigenvalue weighted by Gasteiger charge is -2.19. The Hall–Kier alpha value is -2.70. The fraction of sp³-hybridized carbons (Fsp3) is 0.231. The Labute approximate surface area is 114 Å². The second kappa shape index (κ2) is 5.52. The first-order valence-corrected chi connectivity index (χ1v) is 5.95. The molecule has 1 aromatic heterocycles. The molecule has 0 aliphatic rings. The zero-order valence-corrected chi connectivity index (χ0v) is 10.7. The number of carboxylic acid groups (broad SMARTS) is 1. The Morgan fingerprint density at radius 2 is 2.10 bits per heavy atom. The van der Waals surface area contributed by atoms with Gasteiger partial charge in [0.25, 0.3) is 0 Å². The number of carboxylic acids is 1. The van der Waals surface area contributed by atoms with Crippen LogP contribution in [0, 0.1) is 4.91 Å². The topological polar surface area (TPSA) is 103 Å². The van der Waals surface area contributed by atoms with E-state index in [1.54, 1.807) is 6.20 Å². The third-order valence-corrected chi connectivity index (χ3v) is 3.08. The second-order valence-electron chi connectivity index (χ2n) is 4.36. The number of hydrogen-bond donors (Lipinski definition) is 2. The van der Waals surface area contributed by atoms with Crippen LogP contribution in [0.15, 0.2) is 35.7 Å². The van der Waals surface area contributed by atoms with Crippen molar-refractivity contribution in [2.45, 2.75) is 19.4 Å². The number of carbonyl (C=O) groups excluding carboxylic acids is 1. The summed E-state index contributed by atoms with van der Waals surface area (Å²) in [5, 5.41) is 13.0. The molecule has 20 heavy (non-hydrogen) atoms. The quantitative estimate of drug-likeness (QED) is 0.640. The van der Waals surface area contributed by atoms with Gasteiger partial charge in [0.15, 0.2) is 6.04 Å². The van der Waals surface area contributed by atoms with Crippen molar-refractivity contribution in [3.05, 3.63) is 40.9 Å². The second-order valence-corrected chi connectivity index (χ2v) is 4.36. The van der Waals surface area contributed by atoms with Crippen molar-refractivity contribution >= 4 is 22.8 Å². The van der Waals surface area contributed by atoms with E-state index in [2.05, 4.69) is 10.3 Å². The van der Waals surface area contributed by atoms with Gasteiger partial charge in [0.05, 0.1) is 5.29 Å². The van der Waals surface area contributed by atoms with Crippen molar-refractivity contribution in [1.29, 1.82) is 0 Å². The van der Waals surface area contributed by atoms with Crippen molar-refractivity contribution < 1.29 is 14.7 Å². The number of para-hydroxylation sites is 1. The van der Waals surface area contributed by atoms with Gasteiger partial charge in [-0.25, -0.2) is 4.79 Å². The van der Waals surface area contributed by atoms with Crippen molar-refractivity contribution in [1.82, 2.24) is 9.99 Å². The Balaban J connectivity index is 2.35. The monoisotopic (exact) mass is 275 g/mol. The minimum absolute atomic E-state index is 0.00463. The summed E-state index contributed by atoms with van der Waals surface area (Å²) < 4.78 is 0. The van der Waals surface area contributed by atoms with Crippen molar-refractivity contribution in [2.75, 3.05) is 0 Å². The van der Waals surface area contributed by atoms with E-state index < -0.39 is 17.9 Å². The predicted molar refractivity (Wildman–Crippen MR) is 71.7 cm³/mol. The average Bonchev–Trinajstić information content (AvgIpc) is 2.81. The van der Waals surface area contributed by atoms with Gasteiger partial charge in [0.1, 0.15) is 0 Å². The largest absolute Gasteiger partial charge is 0.480 e. The molecule has 0 spiro atoms. The maximum atomic E-state index is 11.3. The van der Waals surface area contributed by atoms with Gasteiger partial charge in [-0.3, -0.25) is 4.79 Å². The van der Waals surface area contributed by atoms with Crippen LogP contribution in [0.1, 0.15) is 12.5 Å². The van der Waals surface area contributed by atoms with E-state index in [0.29, 0.717) is 10.6 Å². The number of rotatable bonds is 5. The zero-order chi connectivity index (χ0) is 14.7. The molecule has 0 aliphatic heterocycles. The van der Waals surface area contributed by atoms with Gasteiger partial charge in [-0.05, 0) is 11.6 Å². The van der Waals surface area contributed by atoms with Crippen LogP contribution >= 0.6 is 0 Å². The lowest BCUT2D eigenvalue weighted by molar-refractivity contribution is -0.149. The first kappa shape index (κ1) is 13.7. The molecule has 2 N–H and O–H groups in total. The molecule has 0 fully saturated rings. The number of aliphatic carboxylic acids is 1. The Kier molecular flexibility index (Phi) is 3.79. The number of H-pyrrole nitrogens is 1. The van der Waals surface area contributed by atoms with Gasteiger partial charge >= 0.3 is 5.97 Å². The average molecular weight is 275 g/mol. The summed E-state index contributed by atoms with van der Waals surface area (Å²) in [5.74, 6) is -1.97. The van der Waals surface area contributed by atoms with Gasteiger partial charge in [0.2, 0.25) is 5.91 Å².